The lowest BCUT2D eigenvalue weighted by molar-refractivity contribution is 0.178. The highest BCUT2D eigenvalue weighted by Crippen LogP contribution is 2.39. The SMILES string of the molecule is O=C1OCC(C2CC2)N1c1ccn2ncc(Br)c2n1. The number of hydrogen-bond donors (Lipinski definition) is 0. The van der Waals surface area contributed by atoms with Crippen molar-refractivity contribution < 1.29 is 9.53 Å². The van der Waals surface area contributed by atoms with Crippen LogP contribution < -0.4 is 4.90 Å². The van der Waals surface area contributed by atoms with Crippen LogP contribution in [-0.4, -0.2) is 33.3 Å². The molecule has 98 valence electrons. The van der Waals surface area contributed by atoms with E-state index in [0.717, 1.165) is 17.3 Å². The fraction of sp³-hybridized carbons (Fsp3) is 0.417. The molecule has 1 saturated carbocycles. The number of anilines is 1. The van der Waals surface area contributed by atoms with Gasteiger partial charge in [0.05, 0.1) is 16.7 Å². The fourth-order valence-electron chi connectivity index (χ4n) is 2.49. The van der Waals surface area contributed by atoms with Crippen molar-refractivity contribution >= 4 is 33.5 Å². The van der Waals surface area contributed by atoms with Gasteiger partial charge in [0.2, 0.25) is 0 Å². The number of carbonyl (C=O) groups is 1. The minimum absolute atomic E-state index is 0.129. The Balaban J connectivity index is 1.79. The van der Waals surface area contributed by atoms with E-state index in [2.05, 4.69) is 26.0 Å². The van der Waals surface area contributed by atoms with Crippen LogP contribution in [0.3, 0.4) is 0 Å². The van der Waals surface area contributed by atoms with Crippen molar-refractivity contribution in [3.63, 3.8) is 0 Å². The van der Waals surface area contributed by atoms with Crippen LogP contribution in [0.5, 0.6) is 0 Å². The largest absolute Gasteiger partial charge is 0.447 e. The van der Waals surface area contributed by atoms with E-state index < -0.39 is 0 Å². The van der Waals surface area contributed by atoms with E-state index in [-0.39, 0.29) is 12.1 Å². The Morgan fingerprint density at radius 1 is 1.42 bits per heavy atom. The van der Waals surface area contributed by atoms with Gasteiger partial charge < -0.3 is 4.74 Å². The van der Waals surface area contributed by atoms with Gasteiger partial charge in [0.15, 0.2) is 5.65 Å². The molecule has 2 fully saturated rings. The minimum Gasteiger partial charge on any atom is -0.447 e. The molecule has 1 saturated heterocycles. The molecular formula is C12H11BrN4O2. The number of nitrogens with zero attached hydrogens (tertiary/aromatic N) is 4. The third-order valence-corrected chi connectivity index (χ3v) is 4.19. The molecule has 19 heavy (non-hydrogen) atoms. The molecule has 0 N–H and O–H groups in total. The fourth-order valence-corrected chi connectivity index (χ4v) is 2.86. The third-order valence-electron chi connectivity index (χ3n) is 3.63. The highest BCUT2D eigenvalue weighted by molar-refractivity contribution is 9.10. The van der Waals surface area contributed by atoms with Crippen molar-refractivity contribution in [2.24, 2.45) is 5.92 Å². The summed E-state index contributed by atoms with van der Waals surface area (Å²) in [6.45, 7) is 0.469. The summed E-state index contributed by atoms with van der Waals surface area (Å²) < 4.78 is 7.65. The second-order valence-corrected chi connectivity index (χ2v) is 5.75. The molecule has 0 bridgehead atoms. The minimum atomic E-state index is -0.301. The second kappa shape index (κ2) is 3.93. The smallest absolute Gasteiger partial charge is 0.415 e. The van der Waals surface area contributed by atoms with Gasteiger partial charge in [-0.3, -0.25) is 4.90 Å². The van der Waals surface area contributed by atoms with Crippen molar-refractivity contribution in [1.29, 1.82) is 0 Å². The van der Waals surface area contributed by atoms with E-state index in [0.29, 0.717) is 24.0 Å². The summed E-state index contributed by atoms with van der Waals surface area (Å²) in [7, 11) is 0. The number of carbonyl (C=O) groups excluding carboxylic acids is 1. The highest BCUT2D eigenvalue weighted by atomic mass is 79.9. The molecule has 0 radical (unpaired) electrons. The molecule has 1 amide bonds. The van der Waals surface area contributed by atoms with Gasteiger partial charge in [0.25, 0.3) is 0 Å². The number of rotatable bonds is 2. The molecule has 7 heteroatoms. The zero-order valence-electron chi connectivity index (χ0n) is 9.99. The molecule has 6 nitrogen and oxygen atoms in total. The number of hydrogen-bond acceptors (Lipinski definition) is 4. The van der Waals surface area contributed by atoms with Gasteiger partial charge in [-0.05, 0) is 40.8 Å². The molecule has 1 unspecified atom stereocenters. The molecule has 1 atom stereocenters. The number of fused-ring (bicyclic) bond motifs is 1. The Morgan fingerprint density at radius 3 is 3.05 bits per heavy atom. The predicted octanol–water partition coefficient (Wildman–Crippen LogP) is 2.23. The summed E-state index contributed by atoms with van der Waals surface area (Å²) in [6, 6.07) is 1.93. The molecule has 1 aliphatic heterocycles. The maximum atomic E-state index is 11.9. The van der Waals surface area contributed by atoms with Crippen molar-refractivity contribution in [1.82, 2.24) is 14.6 Å². The van der Waals surface area contributed by atoms with Crippen molar-refractivity contribution in [2.45, 2.75) is 18.9 Å². The lowest BCUT2D eigenvalue weighted by atomic mass is 10.2. The number of halogens is 1. The maximum Gasteiger partial charge on any atom is 0.415 e. The van der Waals surface area contributed by atoms with Crippen LogP contribution in [0.2, 0.25) is 0 Å². The average molecular weight is 323 g/mol. The topological polar surface area (TPSA) is 59.7 Å². The second-order valence-electron chi connectivity index (χ2n) is 4.90. The predicted molar refractivity (Wildman–Crippen MR) is 71.0 cm³/mol. The summed E-state index contributed by atoms with van der Waals surface area (Å²) in [5.74, 6) is 1.19. The van der Waals surface area contributed by atoms with Gasteiger partial charge in [-0.15, -0.1) is 0 Å². The summed E-state index contributed by atoms with van der Waals surface area (Å²) in [4.78, 5) is 18.1. The molecule has 2 aromatic rings. The molecular weight excluding hydrogens is 312 g/mol. The Kier molecular flexibility index (Phi) is 2.32. The van der Waals surface area contributed by atoms with Crippen molar-refractivity contribution in [2.75, 3.05) is 11.5 Å². The third kappa shape index (κ3) is 1.72. The van der Waals surface area contributed by atoms with Crippen molar-refractivity contribution in [3.05, 3.63) is 22.9 Å². The normalized spacial score (nSPS) is 23.1. The van der Waals surface area contributed by atoms with E-state index in [1.165, 1.54) is 0 Å². The van der Waals surface area contributed by atoms with E-state index in [1.807, 2.05) is 0 Å². The average Bonchev–Trinajstić information content (AvgIpc) is 3.10. The molecule has 1 aliphatic carbocycles. The Bertz CT molecular complexity index is 667. The maximum absolute atomic E-state index is 11.9. The first-order valence-corrected chi connectivity index (χ1v) is 6.99. The van der Waals surface area contributed by atoms with Crippen LogP contribution in [-0.2, 0) is 4.74 Å². The zero-order chi connectivity index (χ0) is 13.0. The summed E-state index contributed by atoms with van der Waals surface area (Å²) in [5, 5.41) is 4.14. The first-order chi connectivity index (χ1) is 9.24. The number of cyclic esters (lactones) is 1. The molecule has 4 rings (SSSR count). The van der Waals surface area contributed by atoms with E-state index in [9.17, 15) is 4.79 Å². The molecule has 2 aliphatic rings. The Hall–Kier alpha value is -1.63. The van der Waals surface area contributed by atoms with Crippen molar-refractivity contribution in [3.8, 4) is 0 Å². The lowest BCUT2D eigenvalue weighted by Crippen LogP contribution is -2.35. The zero-order valence-corrected chi connectivity index (χ0v) is 11.6. The summed E-state index contributed by atoms with van der Waals surface area (Å²) in [5.41, 5.74) is 0.701. The number of ether oxygens (including phenoxy) is 1. The summed E-state index contributed by atoms with van der Waals surface area (Å²) >= 11 is 3.40. The summed E-state index contributed by atoms with van der Waals surface area (Å²) in [6.07, 6.45) is 5.52. The van der Waals surface area contributed by atoms with Crippen LogP contribution in [0, 0.1) is 5.92 Å². The molecule has 0 spiro atoms. The Labute approximate surface area is 117 Å². The van der Waals surface area contributed by atoms with E-state index in [1.54, 1.807) is 27.9 Å². The monoisotopic (exact) mass is 322 g/mol. The lowest BCUT2D eigenvalue weighted by Gasteiger charge is -2.19. The molecule has 3 heterocycles. The number of amides is 1. The van der Waals surface area contributed by atoms with Crippen LogP contribution in [0.15, 0.2) is 22.9 Å². The first-order valence-electron chi connectivity index (χ1n) is 6.20. The van der Waals surface area contributed by atoms with Gasteiger partial charge >= 0.3 is 6.09 Å². The van der Waals surface area contributed by atoms with Crippen LogP contribution >= 0.6 is 15.9 Å². The number of aromatic nitrogens is 3. The first kappa shape index (κ1) is 11.2. The van der Waals surface area contributed by atoms with Crippen LogP contribution in [0.4, 0.5) is 10.6 Å². The van der Waals surface area contributed by atoms with Gasteiger partial charge in [-0.25, -0.2) is 14.3 Å². The van der Waals surface area contributed by atoms with Gasteiger partial charge in [0, 0.05) is 6.20 Å². The van der Waals surface area contributed by atoms with Gasteiger partial charge in [-0.1, -0.05) is 0 Å². The quantitative estimate of drug-likeness (QED) is 0.850. The van der Waals surface area contributed by atoms with Gasteiger partial charge in [-0.2, -0.15) is 5.10 Å². The molecule has 2 aromatic heterocycles. The standard InChI is InChI=1S/C12H11BrN4O2/c13-8-5-14-16-4-3-10(15-11(8)16)17-9(7-1-2-7)6-19-12(17)18/h3-5,7,9H,1-2,6H2. The van der Waals surface area contributed by atoms with Gasteiger partial charge in [0.1, 0.15) is 12.4 Å². The van der Waals surface area contributed by atoms with Crippen LogP contribution in [0.25, 0.3) is 5.65 Å². The molecule has 0 aromatic carbocycles. The van der Waals surface area contributed by atoms with E-state index in [4.69, 9.17) is 4.74 Å². The van der Waals surface area contributed by atoms with E-state index >= 15 is 0 Å². The highest BCUT2D eigenvalue weighted by Gasteiger charge is 2.44. The van der Waals surface area contributed by atoms with Crippen LogP contribution in [0.1, 0.15) is 12.8 Å². The Morgan fingerprint density at radius 2 is 2.26 bits per heavy atom.